The normalized spacial score (nSPS) is 19.0. The van der Waals surface area contributed by atoms with Crippen LogP contribution in [0.25, 0.3) is 11.3 Å². The van der Waals surface area contributed by atoms with Crippen molar-refractivity contribution in [1.82, 2.24) is 14.5 Å². The molecule has 3 aliphatic rings. The zero-order valence-electron chi connectivity index (χ0n) is 20.9. The first-order valence-electron chi connectivity index (χ1n) is 12.4. The molecule has 1 saturated heterocycles. The Hall–Kier alpha value is -2.80. The smallest absolute Gasteiger partial charge is 0.274 e. The van der Waals surface area contributed by atoms with Crippen molar-refractivity contribution >= 4 is 11.5 Å². The number of fused-ring (bicyclic) bond motifs is 3. The molecule has 7 nitrogen and oxygen atoms in total. The molecule has 2 aliphatic heterocycles. The van der Waals surface area contributed by atoms with Crippen molar-refractivity contribution in [2.24, 2.45) is 0 Å². The number of aromatic nitrogens is 2. The number of carbonyl (C=O) groups excluding carboxylic acids is 1. The molecular formula is C27H35N3O4. The van der Waals surface area contributed by atoms with E-state index in [1.165, 1.54) is 11.1 Å². The molecule has 34 heavy (non-hydrogen) atoms. The summed E-state index contributed by atoms with van der Waals surface area (Å²) in [5.74, 6) is 2.34. The number of hydrogen-bond donors (Lipinski definition) is 0. The van der Waals surface area contributed by atoms with Crippen molar-refractivity contribution in [1.29, 1.82) is 0 Å². The lowest BCUT2D eigenvalue weighted by Gasteiger charge is -2.41. The molecule has 1 aliphatic carbocycles. The van der Waals surface area contributed by atoms with Gasteiger partial charge in [0.2, 0.25) is 0 Å². The standard InChI is InChI=1S/C27H35N3O4/c1-17(2)34-23-15-21-19(14-22(23)32-5)10-11-20-24(26(31)29-12-13-33-16-27(29,3)4)28-25(30(20)21)18-8-6-7-9-18/h8,14-15,17H,6-7,9-13,16H2,1-5H3. The molecule has 2 aromatic rings. The highest BCUT2D eigenvalue weighted by molar-refractivity contribution is 5.95. The first-order valence-corrected chi connectivity index (χ1v) is 12.4. The molecule has 182 valence electrons. The molecule has 0 bridgehead atoms. The van der Waals surface area contributed by atoms with Crippen molar-refractivity contribution in [2.75, 3.05) is 26.9 Å². The summed E-state index contributed by atoms with van der Waals surface area (Å²) in [6.45, 7) is 9.81. The Bertz CT molecular complexity index is 1150. The number of amides is 1. The number of benzene rings is 1. The maximum Gasteiger partial charge on any atom is 0.274 e. The van der Waals surface area contributed by atoms with Crippen LogP contribution in [0.1, 0.15) is 74.5 Å². The number of ether oxygens (including phenoxy) is 3. The predicted octanol–water partition coefficient (Wildman–Crippen LogP) is 4.59. The molecule has 0 atom stereocenters. The van der Waals surface area contributed by atoms with Crippen LogP contribution < -0.4 is 9.47 Å². The van der Waals surface area contributed by atoms with E-state index in [1.54, 1.807) is 7.11 Å². The second-order valence-electron chi connectivity index (χ2n) is 10.3. The lowest BCUT2D eigenvalue weighted by molar-refractivity contribution is -0.0373. The highest BCUT2D eigenvalue weighted by Gasteiger charge is 2.38. The average molecular weight is 466 g/mol. The summed E-state index contributed by atoms with van der Waals surface area (Å²) in [5, 5.41) is 0. The number of allylic oxidation sites excluding steroid dienone is 2. The zero-order valence-corrected chi connectivity index (χ0v) is 20.9. The van der Waals surface area contributed by atoms with Crippen LogP contribution in [0, 0.1) is 0 Å². The van der Waals surface area contributed by atoms with Gasteiger partial charge in [-0.1, -0.05) is 6.08 Å². The molecule has 0 saturated carbocycles. The number of hydrogen-bond acceptors (Lipinski definition) is 5. The molecule has 5 rings (SSSR count). The van der Waals surface area contributed by atoms with Gasteiger partial charge < -0.3 is 19.1 Å². The number of morpholine rings is 1. The van der Waals surface area contributed by atoms with Gasteiger partial charge in [0.05, 0.1) is 43.3 Å². The fraction of sp³-hybridized carbons (Fsp3) is 0.556. The maximum atomic E-state index is 13.9. The van der Waals surface area contributed by atoms with Gasteiger partial charge in [0.1, 0.15) is 5.82 Å². The molecular weight excluding hydrogens is 430 g/mol. The predicted molar refractivity (Wildman–Crippen MR) is 131 cm³/mol. The molecule has 0 spiro atoms. The monoisotopic (exact) mass is 465 g/mol. The van der Waals surface area contributed by atoms with E-state index in [4.69, 9.17) is 19.2 Å². The second kappa shape index (κ2) is 8.77. The van der Waals surface area contributed by atoms with Crippen LogP contribution in [-0.2, 0) is 17.6 Å². The van der Waals surface area contributed by atoms with Gasteiger partial charge in [-0.05, 0) is 77.0 Å². The van der Waals surface area contributed by atoms with Crippen LogP contribution in [-0.4, -0.2) is 58.9 Å². The van der Waals surface area contributed by atoms with Gasteiger partial charge >= 0.3 is 0 Å². The summed E-state index contributed by atoms with van der Waals surface area (Å²) < 4.78 is 19.6. The molecule has 3 heterocycles. The Balaban J connectivity index is 1.67. The Morgan fingerprint density at radius 1 is 1.18 bits per heavy atom. The lowest BCUT2D eigenvalue weighted by atomic mass is 9.98. The summed E-state index contributed by atoms with van der Waals surface area (Å²) in [6, 6.07) is 4.14. The number of nitrogens with zero attached hydrogens (tertiary/aromatic N) is 3. The summed E-state index contributed by atoms with van der Waals surface area (Å²) in [5.41, 5.74) is 4.64. The Morgan fingerprint density at radius 2 is 2.00 bits per heavy atom. The highest BCUT2D eigenvalue weighted by Crippen LogP contribution is 2.40. The van der Waals surface area contributed by atoms with Gasteiger partial charge in [0.15, 0.2) is 17.2 Å². The van der Waals surface area contributed by atoms with E-state index >= 15 is 0 Å². The minimum atomic E-state index is -0.364. The van der Waals surface area contributed by atoms with Crippen LogP contribution >= 0.6 is 0 Å². The highest BCUT2D eigenvalue weighted by atomic mass is 16.5. The minimum absolute atomic E-state index is 0.00230. The summed E-state index contributed by atoms with van der Waals surface area (Å²) in [4.78, 5) is 20.8. The first-order chi connectivity index (χ1) is 16.3. The van der Waals surface area contributed by atoms with Crippen LogP contribution in [0.3, 0.4) is 0 Å². The molecule has 7 heteroatoms. The number of imidazole rings is 1. The molecule has 1 fully saturated rings. The van der Waals surface area contributed by atoms with Gasteiger partial charge in [-0.25, -0.2) is 4.98 Å². The van der Waals surface area contributed by atoms with E-state index < -0.39 is 0 Å². The number of carbonyl (C=O) groups is 1. The van der Waals surface area contributed by atoms with Gasteiger partial charge in [-0.3, -0.25) is 9.36 Å². The van der Waals surface area contributed by atoms with Gasteiger partial charge in [-0.15, -0.1) is 0 Å². The average Bonchev–Trinajstić information content (AvgIpc) is 3.45. The van der Waals surface area contributed by atoms with Crippen LogP contribution in [0.5, 0.6) is 11.5 Å². The SMILES string of the molecule is COc1cc2c(cc1OC(C)C)-n1c(C3=CCCC3)nc(C(=O)N3CCOCC3(C)C)c1CC2. The second-order valence-corrected chi connectivity index (χ2v) is 10.3. The molecule has 0 N–H and O–H groups in total. The third-order valence-corrected chi connectivity index (χ3v) is 6.99. The third kappa shape index (κ3) is 3.90. The molecule has 0 radical (unpaired) electrons. The molecule has 1 amide bonds. The largest absolute Gasteiger partial charge is 0.493 e. The maximum absolute atomic E-state index is 13.9. The van der Waals surface area contributed by atoms with E-state index in [9.17, 15) is 4.79 Å². The van der Waals surface area contributed by atoms with Crippen molar-refractivity contribution in [3.63, 3.8) is 0 Å². The fourth-order valence-corrected chi connectivity index (χ4v) is 5.33. The molecule has 0 unspecified atom stereocenters. The van der Waals surface area contributed by atoms with Crippen molar-refractivity contribution in [3.05, 3.63) is 41.0 Å². The van der Waals surface area contributed by atoms with Crippen molar-refractivity contribution in [3.8, 4) is 17.2 Å². The van der Waals surface area contributed by atoms with E-state index in [0.717, 1.165) is 55.1 Å². The quantitative estimate of drug-likeness (QED) is 0.646. The van der Waals surface area contributed by atoms with Gasteiger partial charge in [-0.2, -0.15) is 0 Å². The van der Waals surface area contributed by atoms with E-state index in [0.29, 0.717) is 31.2 Å². The molecule has 1 aromatic carbocycles. The summed E-state index contributed by atoms with van der Waals surface area (Å²) >= 11 is 0. The van der Waals surface area contributed by atoms with Gasteiger partial charge in [0, 0.05) is 12.6 Å². The number of methoxy groups -OCH3 is 1. The zero-order chi connectivity index (χ0) is 24.0. The topological polar surface area (TPSA) is 65.8 Å². The Labute approximate surface area is 201 Å². The number of aryl methyl sites for hydroxylation is 1. The van der Waals surface area contributed by atoms with Crippen molar-refractivity contribution in [2.45, 2.75) is 71.4 Å². The summed E-state index contributed by atoms with van der Waals surface area (Å²) in [7, 11) is 1.68. The van der Waals surface area contributed by atoms with E-state index in [-0.39, 0.29) is 17.6 Å². The minimum Gasteiger partial charge on any atom is -0.493 e. The van der Waals surface area contributed by atoms with E-state index in [2.05, 4.69) is 36.6 Å². The van der Waals surface area contributed by atoms with E-state index in [1.807, 2.05) is 18.7 Å². The Morgan fingerprint density at radius 3 is 2.68 bits per heavy atom. The fourth-order valence-electron chi connectivity index (χ4n) is 5.33. The van der Waals surface area contributed by atoms with Crippen LogP contribution in [0.2, 0.25) is 0 Å². The third-order valence-electron chi connectivity index (χ3n) is 6.99. The van der Waals surface area contributed by atoms with Crippen molar-refractivity contribution < 1.29 is 19.0 Å². The molecule has 1 aromatic heterocycles. The van der Waals surface area contributed by atoms with Crippen LogP contribution in [0.15, 0.2) is 18.2 Å². The number of rotatable bonds is 5. The first kappa shape index (κ1) is 23.0. The van der Waals surface area contributed by atoms with Gasteiger partial charge in [0.25, 0.3) is 5.91 Å². The summed E-state index contributed by atoms with van der Waals surface area (Å²) in [6.07, 6.45) is 7.02. The lowest BCUT2D eigenvalue weighted by Crippen LogP contribution is -2.55. The Kier molecular flexibility index (Phi) is 5.92. The van der Waals surface area contributed by atoms with Crippen LogP contribution in [0.4, 0.5) is 0 Å².